The van der Waals surface area contributed by atoms with Gasteiger partial charge in [-0.2, -0.15) is 0 Å². The number of amides is 1. The summed E-state index contributed by atoms with van der Waals surface area (Å²) in [5.41, 5.74) is 10.4. The number of primary amides is 1. The van der Waals surface area contributed by atoms with Crippen LogP contribution < -0.4 is 5.73 Å². The van der Waals surface area contributed by atoms with E-state index in [1.807, 2.05) is 59.3 Å². The van der Waals surface area contributed by atoms with Gasteiger partial charge >= 0.3 is 0 Å². The van der Waals surface area contributed by atoms with Crippen molar-refractivity contribution in [3.05, 3.63) is 72.6 Å². The number of hydrogen-bond acceptors (Lipinski definition) is 5. The number of hydrogen-bond donors (Lipinski definition) is 2. The van der Waals surface area contributed by atoms with Crippen LogP contribution in [0, 0.1) is 0 Å². The van der Waals surface area contributed by atoms with E-state index in [1.165, 1.54) is 0 Å². The zero-order valence-electron chi connectivity index (χ0n) is 16.4. The highest BCUT2D eigenvalue weighted by Crippen LogP contribution is 2.30. The zero-order chi connectivity index (χ0) is 20.9. The van der Waals surface area contributed by atoms with E-state index in [1.54, 1.807) is 23.9 Å². The molecule has 0 aliphatic rings. The Kier molecular flexibility index (Phi) is 6.11. The third kappa shape index (κ3) is 4.22. The number of nitrogens with two attached hydrogens (primary N) is 1. The molecular weight excluding hydrogens is 396 g/mol. The van der Waals surface area contributed by atoms with Gasteiger partial charge in [-0.15, -0.1) is 11.8 Å². The number of carbonyl (C=O) groups excluding carboxylic acids is 1. The molecule has 0 saturated heterocycles. The number of thioether (sulfide) groups is 1. The Hall–Kier alpha value is -3.16. The van der Waals surface area contributed by atoms with E-state index in [2.05, 4.69) is 4.98 Å². The molecule has 2 aromatic heterocycles. The maximum atomic E-state index is 11.4. The van der Waals surface area contributed by atoms with Crippen molar-refractivity contribution in [2.24, 2.45) is 5.73 Å². The maximum Gasteiger partial charge on any atom is 0.248 e. The second-order valence-corrected chi connectivity index (χ2v) is 7.94. The van der Waals surface area contributed by atoms with Crippen LogP contribution in [-0.2, 0) is 0 Å². The first-order valence-electron chi connectivity index (χ1n) is 9.75. The minimum atomic E-state index is -0.447. The monoisotopic (exact) mass is 418 g/mol. The average Bonchev–Trinajstić information content (AvgIpc) is 3.21. The van der Waals surface area contributed by atoms with Crippen molar-refractivity contribution in [1.29, 1.82) is 0 Å². The SMILES string of the molecule is NC(=O)c1ccc(-c2cnc3c(SCCCCO)nc(-c4ccccc4)cn23)cc1. The molecule has 4 rings (SSSR count). The molecule has 6 nitrogen and oxygen atoms in total. The van der Waals surface area contributed by atoms with Gasteiger partial charge in [0.25, 0.3) is 0 Å². The first-order chi connectivity index (χ1) is 14.7. The van der Waals surface area contributed by atoms with Crippen LogP contribution >= 0.6 is 11.8 Å². The summed E-state index contributed by atoms with van der Waals surface area (Å²) >= 11 is 1.65. The maximum absolute atomic E-state index is 11.4. The zero-order valence-corrected chi connectivity index (χ0v) is 17.2. The van der Waals surface area contributed by atoms with Crippen molar-refractivity contribution < 1.29 is 9.90 Å². The van der Waals surface area contributed by atoms with Gasteiger partial charge in [0.2, 0.25) is 5.91 Å². The van der Waals surface area contributed by atoms with E-state index < -0.39 is 5.91 Å². The number of aliphatic hydroxyl groups excluding tert-OH is 1. The number of fused-ring (bicyclic) bond motifs is 1. The number of carbonyl (C=O) groups is 1. The number of aliphatic hydroxyl groups is 1. The number of aromatic nitrogens is 3. The third-order valence-corrected chi connectivity index (χ3v) is 5.83. The summed E-state index contributed by atoms with van der Waals surface area (Å²) < 4.78 is 2.04. The minimum absolute atomic E-state index is 0.197. The highest BCUT2D eigenvalue weighted by Gasteiger charge is 2.14. The van der Waals surface area contributed by atoms with Crippen molar-refractivity contribution in [2.75, 3.05) is 12.4 Å². The average molecular weight is 419 g/mol. The minimum Gasteiger partial charge on any atom is -0.396 e. The van der Waals surface area contributed by atoms with Gasteiger partial charge in [-0.05, 0) is 30.7 Å². The summed E-state index contributed by atoms with van der Waals surface area (Å²) in [4.78, 5) is 20.9. The molecule has 1 amide bonds. The molecule has 2 aromatic carbocycles. The van der Waals surface area contributed by atoms with Crippen LogP contribution in [0.2, 0.25) is 0 Å². The summed E-state index contributed by atoms with van der Waals surface area (Å²) in [6.45, 7) is 0.197. The Balaban J connectivity index is 1.79. The summed E-state index contributed by atoms with van der Waals surface area (Å²) in [7, 11) is 0. The standard InChI is InChI=1S/C23H22N4O2S/c24-21(29)18-10-8-17(9-11-18)20-14-25-22-23(30-13-5-4-12-28)26-19(15-27(20)22)16-6-2-1-3-7-16/h1-3,6-11,14-15,28H,4-5,12-13H2,(H2,24,29). The molecule has 0 atom stereocenters. The van der Waals surface area contributed by atoms with Crippen molar-refractivity contribution >= 4 is 23.3 Å². The van der Waals surface area contributed by atoms with E-state index in [0.717, 1.165) is 51.8 Å². The lowest BCUT2D eigenvalue weighted by molar-refractivity contribution is 0.100. The number of benzene rings is 2. The molecule has 7 heteroatoms. The van der Waals surface area contributed by atoms with Crippen LogP contribution in [0.5, 0.6) is 0 Å². The summed E-state index contributed by atoms with van der Waals surface area (Å²) in [5.74, 6) is 0.411. The number of unbranched alkanes of at least 4 members (excludes halogenated alkanes) is 1. The van der Waals surface area contributed by atoms with Gasteiger partial charge in [0.1, 0.15) is 5.03 Å². The van der Waals surface area contributed by atoms with Crippen LogP contribution in [0.4, 0.5) is 0 Å². The molecule has 0 aliphatic heterocycles. The Labute approximate surface area is 178 Å². The summed E-state index contributed by atoms with van der Waals surface area (Å²) in [5, 5.41) is 9.90. The smallest absolute Gasteiger partial charge is 0.248 e. The predicted octanol–water partition coefficient (Wildman–Crippen LogP) is 4.03. The van der Waals surface area contributed by atoms with E-state index in [9.17, 15) is 4.79 Å². The Bertz CT molecular complexity index is 1160. The van der Waals surface area contributed by atoms with Gasteiger partial charge in [-0.1, -0.05) is 42.5 Å². The fraction of sp³-hybridized carbons (Fsp3) is 0.174. The summed E-state index contributed by atoms with van der Waals surface area (Å²) in [6.07, 6.45) is 5.50. The Morgan fingerprint density at radius 1 is 1.03 bits per heavy atom. The lowest BCUT2D eigenvalue weighted by Crippen LogP contribution is -2.10. The van der Waals surface area contributed by atoms with Crippen LogP contribution in [0.15, 0.2) is 72.0 Å². The van der Waals surface area contributed by atoms with Crippen LogP contribution in [0.1, 0.15) is 23.2 Å². The molecule has 0 saturated carbocycles. The first-order valence-corrected chi connectivity index (χ1v) is 10.7. The highest BCUT2D eigenvalue weighted by atomic mass is 32.2. The lowest BCUT2D eigenvalue weighted by Gasteiger charge is -2.10. The first kappa shape index (κ1) is 20.1. The fourth-order valence-corrected chi connectivity index (χ4v) is 4.19. The summed E-state index contributed by atoms with van der Waals surface area (Å²) in [6, 6.07) is 17.2. The molecule has 0 radical (unpaired) electrons. The normalized spacial score (nSPS) is 11.1. The molecule has 0 unspecified atom stereocenters. The fourth-order valence-electron chi connectivity index (χ4n) is 3.21. The van der Waals surface area contributed by atoms with Gasteiger partial charge in [0, 0.05) is 29.5 Å². The molecular formula is C23H22N4O2S. The van der Waals surface area contributed by atoms with Gasteiger partial charge in [-0.3, -0.25) is 9.20 Å². The van der Waals surface area contributed by atoms with Crippen LogP contribution in [0.25, 0.3) is 28.2 Å². The Morgan fingerprint density at radius 3 is 2.50 bits per heavy atom. The van der Waals surface area contributed by atoms with Crippen molar-refractivity contribution in [2.45, 2.75) is 17.9 Å². The molecule has 0 aliphatic carbocycles. The lowest BCUT2D eigenvalue weighted by atomic mass is 10.1. The van der Waals surface area contributed by atoms with E-state index >= 15 is 0 Å². The molecule has 4 aromatic rings. The largest absolute Gasteiger partial charge is 0.396 e. The molecule has 0 bridgehead atoms. The topological polar surface area (TPSA) is 93.5 Å². The van der Waals surface area contributed by atoms with Crippen LogP contribution in [-0.4, -0.2) is 37.7 Å². The second-order valence-electron chi connectivity index (χ2n) is 6.86. The van der Waals surface area contributed by atoms with Crippen LogP contribution in [0.3, 0.4) is 0 Å². The van der Waals surface area contributed by atoms with E-state index in [4.69, 9.17) is 15.8 Å². The Morgan fingerprint density at radius 2 is 1.80 bits per heavy atom. The van der Waals surface area contributed by atoms with Crippen molar-refractivity contribution in [3.63, 3.8) is 0 Å². The number of imidazole rings is 1. The third-order valence-electron chi connectivity index (χ3n) is 4.79. The quantitative estimate of drug-likeness (QED) is 0.333. The molecule has 152 valence electrons. The molecule has 2 heterocycles. The van der Waals surface area contributed by atoms with Gasteiger partial charge < -0.3 is 10.8 Å². The predicted molar refractivity (Wildman–Crippen MR) is 119 cm³/mol. The highest BCUT2D eigenvalue weighted by molar-refractivity contribution is 7.99. The number of nitrogens with zero attached hydrogens (tertiary/aromatic N) is 3. The number of rotatable bonds is 8. The van der Waals surface area contributed by atoms with E-state index in [0.29, 0.717) is 5.56 Å². The molecule has 3 N–H and O–H groups in total. The van der Waals surface area contributed by atoms with E-state index in [-0.39, 0.29) is 6.61 Å². The second kappa shape index (κ2) is 9.11. The van der Waals surface area contributed by atoms with Crippen molar-refractivity contribution in [1.82, 2.24) is 14.4 Å². The van der Waals surface area contributed by atoms with Crippen molar-refractivity contribution in [3.8, 4) is 22.5 Å². The van der Waals surface area contributed by atoms with Gasteiger partial charge in [0.15, 0.2) is 5.65 Å². The molecule has 0 fully saturated rings. The molecule has 30 heavy (non-hydrogen) atoms. The van der Waals surface area contributed by atoms with Gasteiger partial charge in [-0.25, -0.2) is 9.97 Å². The van der Waals surface area contributed by atoms with Gasteiger partial charge in [0.05, 0.1) is 17.6 Å². The molecule has 0 spiro atoms.